The summed E-state index contributed by atoms with van der Waals surface area (Å²) in [5, 5.41) is 27.3. The molecule has 1 fully saturated rings. The second-order valence-electron chi connectivity index (χ2n) is 9.16. The van der Waals surface area contributed by atoms with Crippen LogP contribution < -0.4 is 5.32 Å². The first-order valence-corrected chi connectivity index (χ1v) is 12.4. The van der Waals surface area contributed by atoms with Crippen molar-refractivity contribution in [3.8, 4) is 11.4 Å². The largest absolute Gasteiger partial charge is 0.426 e. The molecule has 2 aromatic carbocycles. The Labute approximate surface area is 221 Å². The van der Waals surface area contributed by atoms with Crippen LogP contribution in [0.3, 0.4) is 0 Å². The number of carbonyl (C=O) groups excluding carboxylic acids is 1. The Bertz CT molecular complexity index is 1340. The molecule has 10 nitrogen and oxygen atoms in total. The minimum absolute atomic E-state index is 0.0601. The van der Waals surface area contributed by atoms with Gasteiger partial charge in [0.05, 0.1) is 0 Å². The highest BCUT2D eigenvalue weighted by Gasteiger charge is 2.30. The van der Waals surface area contributed by atoms with E-state index in [1.54, 1.807) is 59.9 Å². The van der Waals surface area contributed by atoms with E-state index in [1.807, 2.05) is 18.2 Å². The third kappa shape index (κ3) is 6.60. The van der Waals surface area contributed by atoms with E-state index >= 15 is 0 Å². The molecule has 0 radical (unpaired) electrons. The summed E-state index contributed by atoms with van der Waals surface area (Å²) in [6.07, 6.45) is 8.15. The molecule has 1 aliphatic rings. The first kappa shape index (κ1) is 26.5. The molecular formula is C28H32N8O2. The average molecular weight is 513 g/mol. The van der Waals surface area contributed by atoms with E-state index in [2.05, 4.69) is 27.2 Å². The third-order valence-electron chi connectivity index (χ3n) is 6.28. The number of hydrogen-bond donors (Lipinski definition) is 5. The highest BCUT2D eigenvalue weighted by molar-refractivity contribution is 6.09. The van der Waals surface area contributed by atoms with E-state index < -0.39 is 0 Å². The molecule has 1 aromatic heterocycles. The lowest BCUT2D eigenvalue weighted by Gasteiger charge is -2.36. The summed E-state index contributed by atoms with van der Waals surface area (Å²) < 4.78 is 5.07. The number of amidine groups is 1. The van der Waals surface area contributed by atoms with Crippen LogP contribution in [0, 0.1) is 16.2 Å². The van der Waals surface area contributed by atoms with Crippen molar-refractivity contribution < 1.29 is 9.53 Å². The number of carbonyl (C=O) groups is 1. The number of nitrogens with zero attached hydrogens (tertiary/aromatic N) is 3. The van der Waals surface area contributed by atoms with Gasteiger partial charge < -0.3 is 19.9 Å². The number of rotatable bonds is 7. The van der Waals surface area contributed by atoms with Gasteiger partial charge in [-0.1, -0.05) is 18.2 Å². The molecule has 0 bridgehead atoms. The lowest BCUT2D eigenvalue weighted by Crippen LogP contribution is -2.48. The maximum Gasteiger partial charge on any atom is 0.259 e. The van der Waals surface area contributed by atoms with E-state index in [-0.39, 0.29) is 29.6 Å². The third-order valence-corrected chi connectivity index (χ3v) is 6.28. The van der Waals surface area contributed by atoms with Gasteiger partial charge in [0.2, 0.25) is 5.90 Å². The Morgan fingerprint density at radius 2 is 1.87 bits per heavy atom. The summed E-state index contributed by atoms with van der Waals surface area (Å²) in [7, 11) is 2.06. The number of aromatic amines is 1. The number of imidazole rings is 1. The van der Waals surface area contributed by atoms with Gasteiger partial charge in [0.1, 0.15) is 11.7 Å². The van der Waals surface area contributed by atoms with Crippen molar-refractivity contribution in [3.63, 3.8) is 0 Å². The molecule has 38 heavy (non-hydrogen) atoms. The molecule has 196 valence electrons. The molecule has 0 aliphatic carbocycles. The van der Waals surface area contributed by atoms with Crippen LogP contribution in [-0.4, -0.2) is 69.5 Å². The van der Waals surface area contributed by atoms with E-state index in [1.165, 1.54) is 6.92 Å². The van der Waals surface area contributed by atoms with E-state index in [4.69, 9.17) is 21.0 Å². The van der Waals surface area contributed by atoms with Crippen molar-refractivity contribution >= 4 is 29.2 Å². The minimum atomic E-state index is -0.225. The summed E-state index contributed by atoms with van der Waals surface area (Å²) in [5.41, 5.74) is 2.51. The quantitative estimate of drug-likeness (QED) is 0.233. The Morgan fingerprint density at radius 3 is 2.58 bits per heavy atom. The summed E-state index contributed by atoms with van der Waals surface area (Å²) in [4.78, 5) is 24.9. The minimum Gasteiger partial charge on any atom is -0.426 e. The summed E-state index contributed by atoms with van der Waals surface area (Å²) in [6.45, 7) is 3.17. The van der Waals surface area contributed by atoms with Crippen molar-refractivity contribution in [2.45, 2.75) is 25.8 Å². The molecule has 2 heterocycles. The predicted octanol–water partition coefficient (Wildman–Crippen LogP) is 4.56. The number of piperidine rings is 1. The van der Waals surface area contributed by atoms with Gasteiger partial charge in [-0.25, -0.2) is 4.98 Å². The van der Waals surface area contributed by atoms with Gasteiger partial charge >= 0.3 is 0 Å². The fourth-order valence-corrected chi connectivity index (χ4v) is 4.35. The fraction of sp³-hybridized carbons (Fsp3) is 0.250. The molecule has 0 unspecified atom stereocenters. The monoisotopic (exact) mass is 512 g/mol. The van der Waals surface area contributed by atoms with Crippen LogP contribution in [0.2, 0.25) is 0 Å². The SMILES string of the molecule is CC(=N)OC(=N)c1cccc(N/C=C\C(=N)N(C(=O)c2cccc(-c3ncc[nH]3)c2)C2CCN(C)CC2)c1. The van der Waals surface area contributed by atoms with Gasteiger partial charge in [0.15, 0.2) is 5.90 Å². The predicted molar refractivity (Wildman–Crippen MR) is 149 cm³/mol. The number of aromatic nitrogens is 2. The lowest BCUT2D eigenvalue weighted by atomic mass is 10.0. The van der Waals surface area contributed by atoms with Crippen molar-refractivity contribution in [3.05, 3.63) is 84.3 Å². The molecule has 1 aliphatic heterocycles. The highest BCUT2D eigenvalue weighted by atomic mass is 16.5. The standard InChI is InChI=1S/C28H32N8O2/c1-19(29)38-26(31)20-5-4-8-23(18-20)32-12-9-25(30)36(24-10-15-35(2)16-11-24)28(37)22-7-3-6-21(17-22)27-33-13-14-34-27/h3-9,12-14,17-18,24,29-32H,10-11,15-16H2,1-2H3,(H,33,34)/b12-9-,29-19?,30-25?,31-26?. The molecular weight excluding hydrogens is 480 g/mol. The Balaban J connectivity index is 1.53. The highest BCUT2D eigenvalue weighted by Crippen LogP contribution is 2.22. The number of hydrogen-bond acceptors (Lipinski definition) is 8. The second-order valence-corrected chi connectivity index (χ2v) is 9.16. The molecule has 0 saturated carbocycles. The maximum atomic E-state index is 13.8. The summed E-state index contributed by atoms with van der Waals surface area (Å²) in [6, 6.07) is 14.2. The zero-order valence-electron chi connectivity index (χ0n) is 21.5. The van der Waals surface area contributed by atoms with Gasteiger partial charge in [-0.2, -0.15) is 0 Å². The van der Waals surface area contributed by atoms with Crippen LogP contribution in [0.1, 0.15) is 35.7 Å². The Kier molecular flexibility index (Phi) is 8.44. The number of H-pyrrole nitrogens is 1. The normalized spacial score (nSPS) is 14.3. The van der Waals surface area contributed by atoms with E-state index in [9.17, 15) is 4.79 Å². The number of likely N-dealkylation sites (tertiary alicyclic amines) is 1. The Hall–Kier alpha value is -4.57. The van der Waals surface area contributed by atoms with Crippen LogP contribution >= 0.6 is 0 Å². The number of anilines is 1. The number of ether oxygens (including phenoxy) is 1. The first-order valence-electron chi connectivity index (χ1n) is 12.4. The molecule has 0 atom stereocenters. The van der Waals surface area contributed by atoms with Gasteiger partial charge in [-0.3, -0.25) is 25.9 Å². The van der Waals surface area contributed by atoms with Crippen molar-refractivity contribution in [2.24, 2.45) is 0 Å². The smallest absolute Gasteiger partial charge is 0.259 e. The zero-order chi connectivity index (χ0) is 27.1. The lowest BCUT2D eigenvalue weighted by molar-refractivity contribution is 0.0748. The number of nitrogens with one attached hydrogen (secondary N) is 5. The van der Waals surface area contributed by atoms with Crippen LogP contribution in [0.15, 0.2) is 73.2 Å². The summed E-state index contributed by atoms with van der Waals surface area (Å²) >= 11 is 0. The van der Waals surface area contributed by atoms with Crippen molar-refractivity contribution in [2.75, 3.05) is 25.5 Å². The van der Waals surface area contributed by atoms with E-state index in [0.29, 0.717) is 22.6 Å². The molecule has 4 rings (SSSR count). The van der Waals surface area contributed by atoms with Crippen molar-refractivity contribution in [1.29, 1.82) is 16.2 Å². The molecule has 5 N–H and O–H groups in total. The van der Waals surface area contributed by atoms with Crippen LogP contribution in [0.5, 0.6) is 0 Å². The first-order chi connectivity index (χ1) is 18.3. The molecule has 1 saturated heterocycles. The van der Waals surface area contributed by atoms with Crippen LogP contribution in [-0.2, 0) is 4.74 Å². The zero-order valence-corrected chi connectivity index (χ0v) is 21.5. The van der Waals surface area contributed by atoms with Crippen LogP contribution in [0.4, 0.5) is 5.69 Å². The summed E-state index contributed by atoms with van der Waals surface area (Å²) in [5.74, 6) is 0.370. The fourth-order valence-electron chi connectivity index (χ4n) is 4.35. The second kappa shape index (κ2) is 12.1. The Morgan fingerprint density at radius 1 is 1.13 bits per heavy atom. The topological polar surface area (TPSA) is 145 Å². The van der Waals surface area contributed by atoms with Crippen molar-refractivity contribution in [1.82, 2.24) is 19.8 Å². The van der Waals surface area contributed by atoms with Gasteiger partial charge in [0.25, 0.3) is 5.91 Å². The molecule has 3 aromatic rings. The number of benzene rings is 2. The number of amides is 1. The van der Waals surface area contributed by atoms with Gasteiger partial charge in [-0.05, 0) is 69.4 Å². The average Bonchev–Trinajstić information content (AvgIpc) is 3.45. The van der Waals surface area contributed by atoms with Gasteiger partial charge in [0, 0.05) is 53.9 Å². The van der Waals surface area contributed by atoms with E-state index in [0.717, 1.165) is 31.5 Å². The molecule has 10 heteroatoms. The van der Waals surface area contributed by atoms with Gasteiger partial charge in [-0.15, -0.1) is 0 Å². The maximum absolute atomic E-state index is 13.8. The molecule has 0 spiro atoms. The molecule has 1 amide bonds. The van der Waals surface area contributed by atoms with Crippen LogP contribution in [0.25, 0.3) is 11.4 Å².